The smallest absolute Gasteiger partial charge is 0.206 e. The standard InChI is InChI=1S/C10H14ClNO2S2/c1-8-4-5-10(15-8)16(13,14)12-6-2-3-9(12)7-11/h4-5,9H,2-3,6-7H2,1H3. The van der Waals surface area contributed by atoms with Crippen LogP contribution in [0.4, 0.5) is 0 Å². The Morgan fingerprint density at radius 1 is 1.56 bits per heavy atom. The van der Waals surface area contributed by atoms with Gasteiger partial charge in [-0.15, -0.1) is 22.9 Å². The van der Waals surface area contributed by atoms with Gasteiger partial charge in [0.05, 0.1) is 0 Å². The van der Waals surface area contributed by atoms with Crippen molar-refractivity contribution in [3.63, 3.8) is 0 Å². The third-order valence-electron chi connectivity index (χ3n) is 2.78. The molecule has 1 fully saturated rings. The van der Waals surface area contributed by atoms with E-state index in [1.54, 1.807) is 10.4 Å². The summed E-state index contributed by atoms with van der Waals surface area (Å²) in [5.41, 5.74) is 0. The molecule has 3 nitrogen and oxygen atoms in total. The molecule has 1 atom stereocenters. The third-order valence-corrected chi connectivity index (χ3v) is 6.56. The molecule has 1 aromatic rings. The molecule has 0 amide bonds. The van der Waals surface area contributed by atoms with Crippen LogP contribution in [0.5, 0.6) is 0 Å². The summed E-state index contributed by atoms with van der Waals surface area (Å²) in [7, 11) is -3.31. The molecule has 16 heavy (non-hydrogen) atoms. The van der Waals surface area contributed by atoms with Crippen LogP contribution in [0.3, 0.4) is 0 Å². The summed E-state index contributed by atoms with van der Waals surface area (Å²) in [6, 6.07) is 3.48. The molecule has 0 radical (unpaired) electrons. The molecule has 0 N–H and O–H groups in total. The minimum absolute atomic E-state index is 0.0333. The highest BCUT2D eigenvalue weighted by atomic mass is 35.5. The highest BCUT2D eigenvalue weighted by molar-refractivity contribution is 7.91. The van der Waals surface area contributed by atoms with Crippen LogP contribution in [-0.2, 0) is 10.0 Å². The van der Waals surface area contributed by atoms with Crippen LogP contribution < -0.4 is 0 Å². The fraction of sp³-hybridized carbons (Fsp3) is 0.600. The molecule has 0 aliphatic carbocycles. The van der Waals surface area contributed by atoms with Crippen molar-refractivity contribution in [2.24, 2.45) is 0 Å². The van der Waals surface area contributed by atoms with Gasteiger partial charge in [0.25, 0.3) is 10.0 Å². The Bertz CT molecular complexity index is 469. The molecule has 1 aromatic heterocycles. The van der Waals surface area contributed by atoms with Crippen molar-refractivity contribution in [3.05, 3.63) is 17.0 Å². The number of halogens is 1. The zero-order valence-electron chi connectivity index (χ0n) is 9.02. The Balaban J connectivity index is 2.32. The number of aryl methyl sites for hydroxylation is 1. The first-order valence-corrected chi connectivity index (χ1v) is 7.99. The maximum atomic E-state index is 12.3. The molecule has 0 aromatic carbocycles. The summed E-state index contributed by atoms with van der Waals surface area (Å²) in [4.78, 5) is 1.01. The van der Waals surface area contributed by atoms with E-state index in [4.69, 9.17) is 11.6 Å². The number of hydrogen-bond donors (Lipinski definition) is 0. The Morgan fingerprint density at radius 3 is 2.88 bits per heavy atom. The molecule has 0 spiro atoms. The van der Waals surface area contributed by atoms with Crippen LogP contribution in [0, 0.1) is 6.92 Å². The monoisotopic (exact) mass is 279 g/mol. The summed E-state index contributed by atoms with van der Waals surface area (Å²) in [6.07, 6.45) is 1.77. The SMILES string of the molecule is Cc1ccc(S(=O)(=O)N2CCCC2CCl)s1. The lowest BCUT2D eigenvalue weighted by Crippen LogP contribution is -2.36. The first kappa shape index (κ1) is 12.4. The Kier molecular flexibility index (Phi) is 3.59. The highest BCUT2D eigenvalue weighted by Gasteiger charge is 2.35. The average Bonchev–Trinajstić information content (AvgIpc) is 2.85. The largest absolute Gasteiger partial charge is 0.252 e. The molecular weight excluding hydrogens is 266 g/mol. The summed E-state index contributed by atoms with van der Waals surface area (Å²) >= 11 is 7.12. The van der Waals surface area contributed by atoms with E-state index in [1.807, 2.05) is 13.0 Å². The third kappa shape index (κ3) is 2.14. The van der Waals surface area contributed by atoms with Gasteiger partial charge in [0.2, 0.25) is 0 Å². The van der Waals surface area contributed by atoms with Crippen molar-refractivity contribution >= 4 is 33.0 Å². The van der Waals surface area contributed by atoms with Gasteiger partial charge < -0.3 is 0 Å². The molecule has 6 heteroatoms. The van der Waals surface area contributed by atoms with E-state index in [0.717, 1.165) is 17.7 Å². The molecule has 90 valence electrons. The van der Waals surface area contributed by atoms with Gasteiger partial charge in [0.1, 0.15) is 4.21 Å². The van der Waals surface area contributed by atoms with Crippen LogP contribution >= 0.6 is 22.9 Å². The molecule has 1 aliphatic rings. The van der Waals surface area contributed by atoms with Gasteiger partial charge in [0.15, 0.2) is 0 Å². The number of nitrogens with zero attached hydrogens (tertiary/aromatic N) is 1. The molecule has 2 rings (SSSR count). The zero-order valence-corrected chi connectivity index (χ0v) is 11.4. The maximum absolute atomic E-state index is 12.3. The van der Waals surface area contributed by atoms with Crippen molar-refractivity contribution in [2.75, 3.05) is 12.4 Å². The van der Waals surface area contributed by atoms with Gasteiger partial charge in [-0.25, -0.2) is 8.42 Å². The molecule has 1 aliphatic heterocycles. The van der Waals surface area contributed by atoms with E-state index < -0.39 is 10.0 Å². The lowest BCUT2D eigenvalue weighted by atomic mass is 10.3. The fourth-order valence-electron chi connectivity index (χ4n) is 1.95. The van der Waals surface area contributed by atoms with Crippen molar-refractivity contribution in [2.45, 2.75) is 30.0 Å². The molecule has 1 saturated heterocycles. The zero-order chi connectivity index (χ0) is 11.8. The lowest BCUT2D eigenvalue weighted by Gasteiger charge is -2.21. The van der Waals surface area contributed by atoms with Crippen molar-refractivity contribution in [1.82, 2.24) is 4.31 Å². The fourth-order valence-corrected chi connectivity index (χ4v) is 5.45. The van der Waals surface area contributed by atoms with Gasteiger partial charge in [-0.05, 0) is 31.9 Å². The predicted molar refractivity (Wildman–Crippen MR) is 66.7 cm³/mol. The summed E-state index contributed by atoms with van der Waals surface area (Å²) in [5, 5.41) is 0. The van der Waals surface area contributed by atoms with Gasteiger partial charge >= 0.3 is 0 Å². The van der Waals surface area contributed by atoms with E-state index in [2.05, 4.69) is 0 Å². The quantitative estimate of drug-likeness (QED) is 0.797. The van der Waals surface area contributed by atoms with E-state index in [0.29, 0.717) is 16.6 Å². The number of hydrogen-bond acceptors (Lipinski definition) is 3. The van der Waals surface area contributed by atoms with Gasteiger partial charge in [0, 0.05) is 23.3 Å². The lowest BCUT2D eigenvalue weighted by molar-refractivity contribution is 0.412. The van der Waals surface area contributed by atoms with E-state index in [-0.39, 0.29) is 6.04 Å². The van der Waals surface area contributed by atoms with Gasteiger partial charge in [-0.3, -0.25) is 0 Å². The molecule has 2 heterocycles. The van der Waals surface area contributed by atoms with Crippen LogP contribution in [0.15, 0.2) is 16.3 Å². The topological polar surface area (TPSA) is 37.4 Å². The van der Waals surface area contributed by atoms with Gasteiger partial charge in [-0.2, -0.15) is 4.31 Å². The minimum atomic E-state index is -3.31. The van der Waals surface area contributed by atoms with Crippen LogP contribution in [0.25, 0.3) is 0 Å². The van der Waals surface area contributed by atoms with E-state index in [1.165, 1.54) is 11.3 Å². The summed E-state index contributed by atoms with van der Waals surface area (Å²) < 4.78 is 26.6. The summed E-state index contributed by atoms with van der Waals surface area (Å²) in [5.74, 6) is 0.379. The van der Waals surface area contributed by atoms with E-state index in [9.17, 15) is 8.42 Å². The first-order valence-electron chi connectivity index (χ1n) is 5.20. The maximum Gasteiger partial charge on any atom is 0.252 e. The number of sulfonamides is 1. The van der Waals surface area contributed by atoms with Crippen molar-refractivity contribution < 1.29 is 8.42 Å². The van der Waals surface area contributed by atoms with Gasteiger partial charge in [-0.1, -0.05) is 0 Å². The number of rotatable bonds is 3. The second-order valence-corrected chi connectivity index (χ2v) is 7.65. The Morgan fingerprint density at radius 2 is 2.31 bits per heavy atom. The Hall–Kier alpha value is -0.100. The molecule has 1 unspecified atom stereocenters. The second-order valence-electron chi connectivity index (χ2n) is 3.93. The average molecular weight is 280 g/mol. The number of thiophene rings is 1. The molecule has 0 saturated carbocycles. The predicted octanol–water partition coefficient (Wildman–Crippen LogP) is 2.45. The Labute approximate surface area is 105 Å². The van der Waals surface area contributed by atoms with Crippen LogP contribution in [0.2, 0.25) is 0 Å². The normalized spacial score (nSPS) is 22.8. The van der Waals surface area contributed by atoms with Crippen LogP contribution in [-0.4, -0.2) is 31.2 Å². The number of alkyl halides is 1. The van der Waals surface area contributed by atoms with Crippen molar-refractivity contribution in [1.29, 1.82) is 0 Å². The second kappa shape index (κ2) is 4.64. The van der Waals surface area contributed by atoms with Crippen LogP contribution in [0.1, 0.15) is 17.7 Å². The highest BCUT2D eigenvalue weighted by Crippen LogP contribution is 2.30. The van der Waals surface area contributed by atoms with E-state index >= 15 is 0 Å². The molecular formula is C10H14ClNO2S2. The summed E-state index contributed by atoms with van der Waals surface area (Å²) in [6.45, 7) is 2.50. The first-order chi connectivity index (χ1) is 7.55. The minimum Gasteiger partial charge on any atom is -0.206 e. The van der Waals surface area contributed by atoms with Crippen molar-refractivity contribution in [3.8, 4) is 0 Å². The molecule has 0 bridgehead atoms.